The number of thiophene rings is 1. The van der Waals surface area contributed by atoms with Gasteiger partial charge >= 0.3 is 5.97 Å². The molecule has 2 aromatic rings. The minimum atomic E-state index is -0.668. The van der Waals surface area contributed by atoms with Crippen molar-refractivity contribution in [2.75, 3.05) is 13.7 Å². The summed E-state index contributed by atoms with van der Waals surface area (Å²) in [7, 11) is 1.30. The third-order valence-electron chi connectivity index (χ3n) is 3.67. The topological polar surface area (TPSA) is 63.7 Å². The van der Waals surface area contributed by atoms with Crippen LogP contribution < -0.4 is 0 Å². The number of nitrogens with zero attached hydrogens (tertiary/aromatic N) is 1. The Hall–Kier alpha value is -2.47. The normalized spacial score (nSPS) is 14.9. The van der Waals surface area contributed by atoms with Gasteiger partial charge in [-0.15, -0.1) is 0 Å². The van der Waals surface area contributed by atoms with E-state index in [2.05, 4.69) is 0 Å². The molecule has 1 aliphatic rings. The van der Waals surface area contributed by atoms with Crippen molar-refractivity contribution in [1.29, 1.82) is 0 Å². The lowest BCUT2D eigenvalue weighted by atomic mass is 10.0. The van der Waals surface area contributed by atoms with Gasteiger partial charge in [0.1, 0.15) is 5.92 Å². The molecule has 0 aliphatic carbocycles. The Labute approximate surface area is 131 Å². The molecule has 0 radical (unpaired) electrons. The predicted molar refractivity (Wildman–Crippen MR) is 80.9 cm³/mol. The molecule has 112 valence electrons. The Bertz CT molecular complexity index is 703. The van der Waals surface area contributed by atoms with Gasteiger partial charge in [-0.1, -0.05) is 12.1 Å². The molecule has 0 saturated carbocycles. The summed E-state index contributed by atoms with van der Waals surface area (Å²) < 4.78 is 4.81. The van der Waals surface area contributed by atoms with E-state index < -0.39 is 11.9 Å². The minimum absolute atomic E-state index is 0.0181. The number of hydrogen-bond acceptors (Lipinski definition) is 5. The first-order chi connectivity index (χ1) is 10.6. The van der Waals surface area contributed by atoms with Crippen molar-refractivity contribution in [3.05, 3.63) is 57.8 Å². The lowest BCUT2D eigenvalue weighted by Gasteiger charge is -2.20. The molecule has 0 fully saturated rings. The van der Waals surface area contributed by atoms with Crippen LogP contribution in [-0.2, 0) is 9.53 Å². The Morgan fingerprint density at radius 1 is 1.18 bits per heavy atom. The first-order valence-electron chi connectivity index (χ1n) is 6.68. The summed E-state index contributed by atoms with van der Waals surface area (Å²) in [6.45, 7) is -0.0181. The van der Waals surface area contributed by atoms with Crippen LogP contribution in [0.2, 0.25) is 0 Å². The van der Waals surface area contributed by atoms with E-state index >= 15 is 0 Å². The smallest absolute Gasteiger partial charge is 0.315 e. The molecule has 2 heterocycles. The predicted octanol–water partition coefficient (Wildman–Crippen LogP) is 2.30. The van der Waals surface area contributed by atoms with E-state index in [4.69, 9.17) is 4.74 Å². The maximum absolute atomic E-state index is 12.4. The standard InChI is InChI=1S/C16H13NO4S/c1-21-16(20)13(10-6-7-22-9-10)8-17-14(18)11-4-2-3-5-12(11)15(17)19/h2-7,9,13H,8H2,1H3/t13-/m0/s1. The molecular weight excluding hydrogens is 302 g/mol. The van der Waals surface area contributed by atoms with Gasteiger partial charge in [0.25, 0.3) is 11.8 Å². The number of amides is 2. The van der Waals surface area contributed by atoms with Crippen LogP contribution in [0, 0.1) is 0 Å². The van der Waals surface area contributed by atoms with Gasteiger partial charge in [0, 0.05) is 6.54 Å². The number of methoxy groups -OCH3 is 1. The SMILES string of the molecule is COC(=O)[C@@H](CN1C(=O)c2ccccc2C1=O)c1ccsc1. The van der Waals surface area contributed by atoms with Gasteiger partial charge in [-0.25, -0.2) is 0 Å². The average Bonchev–Trinajstić information content (AvgIpc) is 3.15. The molecule has 6 heteroatoms. The Balaban J connectivity index is 1.90. The van der Waals surface area contributed by atoms with Crippen LogP contribution in [0.5, 0.6) is 0 Å². The number of fused-ring (bicyclic) bond motifs is 1. The van der Waals surface area contributed by atoms with Crippen molar-refractivity contribution in [1.82, 2.24) is 4.90 Å². The summed E-state index contributed by atoms with van der Waals surface area (Å²) in [6.07, 6.45) is 0. The van der Waals surface area contributed by atoms with Crippen LogP contribution in [-0.4, -0.2) is 36.3 Å². The first kappa shape index (κ1) is 14.5. The lowest BCUT2D eigenvalue weighted by Crippen LogP contribution is -2.36. The second-order valence-electron chi connectivity index (χ2n) is 4.90. The number of benzene rings is 1. The summed E-state index contributed by atoms with van der Waals surface area (Å²) in [4.78, 5) is 37.9. The molecule has 0 unspecified atom stereocenters. The van der Waals surface area contributed by atoms with Gasteiger partial charge in [0.05, 0.1) is 18.2 Å². The second kappa shape index (κ2) is 5.73. The van der Waals surface area contributed by atoms with Gasteiger partial charge in [-0.05, 0) is 34.5 Å². The lowest BCUT2D eigenvalue weighted by molar-refractivity contribution is -0.142. The third-order valence-corrected chi connectivity index (χ3v) is 4.38. The monoisotopic (exact) mass is 315 g/mol. The number of carbonyl (C=O) groups is 3. The van der Waals surface area contributed by atoms with Crippen LogP contribution in [0.4, 0.5) is 0 Å². The molecule has 1 aliphatic heterocycles. The van der Waals surface area contributed by atoms with Gasteiger partial charge in [0.2, 0.25) is 0 Å². The number of imide groups is 1. The van der Waals surface area contributed by atoms with E-state index in [1.165, 1.54) is 18.4 Å². The molecule has 0 bridgehead atoms. The minimum Gasteiger partial charge on any atom is -0.468 e. The van der Waals surface area contributed by atoms with Crippen LogP contribution >= 0.6 is 11.3 Å². The Kier molecular flexibility index (Phi) is 3.77. The largest absolute Gasteiger partial charge is 0.468 e. The number of rotatable bonds is 4. The highest BCUT2D eigenvalue weighted by atomic mass is 32.1. The van der Waals surface area contributed by atoms with E-state index in [9.17, 15) is 14.4 Å². The molecular formula is C16H13NO4S. The number of esters is 1. The molecule has 22 heavy (non-hydrogen) atoms. The molecule has 1 aromatic heterocycles. The van der Waals surface area contributed by atoms with Crippen molar-refractivity contribution >= 4 is 29.1 Å². The van der Waals surface area contributed by atoms with Crippen LogP contribution in [0.15, 0.2) is 41.1 Å². The highest BCUT2D eigenvalue weighted by Gasteiger charge is 2.38. The van der Waals surface area contributed by atoms with E-state index in [1.54, 1.807) is 30.3 Å². The molecule has 0 saturated heterocycles. The summed E-state index contributed by atoms with van der Waals surface area (Å²) in [5, 5.41) is 3.66. The van der Waals surface area contributed by atoms with Crippen LogP contribution in [0.25, 0.3) is 0 Å². The van der Waals surface area contributed by atoms with Gasteiger partial charge < -0.3 is 4.74 Å². The summed E-state index contributed by atoms with van der Waals surface area (Å²) in [6, 6.07) is 8.46. The van der Waals surface area contributed by atoms with E-state index in [1.807, 2.05) is 10.8 Å². The zero-order chi connectivity index (χ0) is 15.7. The zero-order valence-electron chi connectivity index (χ0n) is 11.8. The summed E-state index contributed by atoms with van der Waals surface area (Å²) in [5.41, 5.74) is 1.50. The van der Waals surface area contributed by atoms with Gasteiger partial charge in [-0.3, -0.25) is 19.3 Å². The van der Waals surface area contributed by atoms with Crippen molar-refractivity contribution in [2.24, 2.45) is 0 Å². The van der Waals surface area contributed by atoms with Crippen molar-refractivity contribution < 1.29 is 19.1 Å². The third kappa shape index (κ3) is 2.31. The molecule has 2 amide bonds. The fourth-order valence-electron chi connectivity index (χ4n) is 2.52. The molecule has 1 aromatic carbocycles. The zero-order valence-corrected chi connectivity index (χ0v) is 12.6. The summed E-state index contributed by atoms with van der Waals surface area (Å²) in [5.74, 6) is -1.87. The number of carbonyl (C=O) groups excluding carboxylic acids is 3. The maximum atomic E-state index is 12.4. The quantitative estimate of drug-likeness (QED) is 0.641. The fraction of sp³-hybridized carbons (Fsp3) is 0.188. The molecule has 0 N–H and O–H groups in total. The molecule has 3 rings (SSSR count). The Morgan fingerprint density at radius 2 is 1.82 bits per heavy atom. The average molecular weight is 315 g/mol. The highest BCUT2D eigenvalue weighted by Crippen LogP contribution is 2.27. The summed E-state index contributed by atoms with van der Waals surface area (Å²) >= 11 is 1.45. The first-order valence-corrected chi connectivity index (χ1v) is 7.63. The number of hydrogen-bond donors (Lipinski definition) is 0. The van der Waals surface area contributed by atoms with Gasteiger partial charge in [0.15, 0.2) is 0 Å². The van der Waals surface area contributed by atoms with E-state index in [-0.39, 0.29) is 18.4 Å². The van der Waals surface area contributed by atoms with Gasteiger partial charge in [-0.2, -0.15) is 11.3 Å². The van der Waals surface area contributed by atoms with E-state index in [0.717, 1.165) is 10.5 Å². The number of ether oxygens (including phenoxy) is 1. The highest BCUT2D eigenvalue weighted by molar-refractivity contribution is 7.08. The Morgan fingerprint density at radius 3 is 2.32 bits per heavy atom. The molecule has 1 atom stereocenters. The van der Waals surface area contributed by atoms with Crippen molar-refractivity contribution in [3.63, 3.8) is 0 Å². The van der Waals surface area contributed by atoms with Crippen molar-refractivity contribution in [2.45, 2.75) is 5.92 Å². The fourth-order valence-corrected chi connectivity index (χ4v) is 3.23. The van der Waals surface area contributed by atoms with Crippen molar-refractivity contribution in [3.8, 4) is 0 Å². The second-order valence-corrected chi connectivity index (χ2v) is 5.68. The van der Waals surface area contributed by atoms with Crippen LogP contribution in [0.1, 0.15) is 32.2 Å². The maximum Gasteiger partial charge on any atom is 0.315 e. The molecule has 5 nitrogen and oxygen atoms in total. The van der Waals surface area contributed by atoms with E-state index in [0.29, 0.717) is 11.1 Å². The van der Waals surface area contributed by atoms with Crippen LogP contribution in [0.3, 0.4) is 0 Å². The molecule has 0 spiro atoms.